The highest BCUT2D eigenvalue weighted by molar-refractivity contribution is 7.17. The van der Waals surface area contributed by atoms with E-state index in [9.17, 15) is 9.59 Å². The molecule has 2 atom stereocenters. The van der Waals surface area contributed by atoms with Crippen LogP contribution >= 0.6 is 22.9 Å². The van der Waals surface area contributed by atoms with Crippen molar-refractivity contribution in [3.05, 3.63) is 44.8 Å². The molecule has 7 heteroatoms. The monoisotopic (exact) mass is 421 g/mol. The van der Waals surface area contributed by atoms with E-state index in [0.717, 1.165) is 35.3 Å². The second-order valence-electron chi connectivity index (χ2n) is 7.21. The Morgan fingerprint density at radius 2 is 2.11 bits per heavy atom. The third-order valence-corrected chi connectivity index (χ3v) is 6.35. The SMILES string of the molecule is COC(=O)c1c(NC(=O)C(C)Oc2ccc(Cl)cc2C)sc2c1CCC(C)C2. The standard InChI is InChI=1S/C21H24ClNO4S/c1-11-5-7-15-17(9-11)28-20(18(15)21(25)26-4)23-19(24)13(3)27-16-8-6-14(22)10-12(16)2/h6,8,10-11,13H,5,7,9H2,1-4H3,(H,23,24). The van der Waals surface area contributed by atoms with Gasteiger partial charge in [-0.3, -0.25) is 4.79 Å². The first-order chi connectivity index (χ1) is 13.3. The van der Waals surface area contributed by atoms with Crippen LogP contribution < -0.4 is 10.1 Å². The third-order valence-electron chi connectivity index (χ3n) is 4.95. The van der Waals surface area contributed by atoms with Gasteiger partial charge in [0, 0.05) is 9.90 Å². The number of carbonyl (C=O) groups is 2. The predicted molar refractivity (Wildman–Crippen MR) is 112 cm³/mol. The number of hydrogen-bond donors (Lipinski definition) is 1. The van der Waals surface area contributed by atoms with Crippen LogP contribution in [0, 0.1) is 12.8 Å². The highest BCUT2D eigenvalue weighted by atomic mass is 35.5. The molecule has 1 aliphatic rings. The van der Waals surface area contributed by atoms with Gasteiger partial charge >= 0.3 is 5.97 Å². The zero-order chi connectivity index (χ0) is 20.4. The first-order valence-corrected chi connectivity index (χ1v) is 10.5. The van der Waals surface area contributed by atoms with E-state index in [1.165, 1.54) is 18.4 Å². The molecule has 2 unspecified atom stereocenters. The first kappa shape index (κ1) is 20.7. The molecule has 2 aromatic rings. The van der Waals surface area contributed by atoms with Gasteiger partial charge in [0.05, 0.1) is 12.7 Å². The maximum atomic E-state index is 12.7. The number of rotatable bonds is 5. The van der Waals surface area contributed by atoms with Crippen LogP contribution in [-0.4, -0.2) is 25.1 Å². The smallest absolute Gasteiger partial charge is 0.341 e. The van der Waals surface area contributed by atoms with Crippen molar-refractivity contribution in [2.24, 2.45) is 5.92 Å². The molecule has 1 aliphatic carbocycles. The van der Waals surface area contributed by atoms with Gasteiger partial charge in [0.1, 0.15) is 10.8 Å². The summed E-state index contributed by atoms with van der Waals surface area (Å²) in [5.41, 5.74) is 2.34. The molecule has 0 aliphatic heterocycles. The Morgan fingerprint density at radius 3 is 2.79 bits per heavy atom. The maximum absolute atomic E-state index is 12.7. The van der Waals surface area contributed by atoms with Gasteiger partial charge < -0.3 is 14.8 Å². The van der Waals surface area contributed by atoms with Gasteiger partial charge in [-0.15, -0.1) is 11.3 Å². The summed E-state index contributed by atoms with van der Waals surface area (Å²) in [7, 11) is 1.36. The maximum Gasteiger partial charge on any atom is 0.341 e. The molecule has 0 saturated heterocycles. The lowest BCUT2D eigenvalue weighted by Gasteiger charge is -2.18. The molecule has 0 bridgehead atoms. The second-order valence-corrected chi connectivity index (χ2v) is 8.75. The number of methoxy groups -OCH3 is 1. The summed E-state index contributed by atoms with van der Waals surface area (Å²) in [5, 5.41) is 4.03. The molecule has 150 valence electrons. The van der Waals surface area contributed by atoms with E-state index in [-0.39, 0.29) is 5.91 Å². The zero-order valence-corrected chi connectivity index (χ0v) is 18.0. The molecule has 1 heterocycles. The van der Waals surface area contributed by atoms with E-state index in [0.29, 0.717) is 27.3 Å². The van der Waals surface area contributed by atoms with E-state index >= 15 is 0 Å². The Hall–Kier alpha value is -2.05. The van der Waals surface area contributed by atoms with Gasteiger partial charge in [0.2, 0.25) is 0 Å². The van der Waals surface area contributed by atoms with Gasteiger partial charge in [-0.1, -0.05) is 18.5 Å². The Morgan fingerprint density at radius 1 is 1.36 bits per heavy atom. The van der Waals surface area contributed by atoms with Crippen molar-refractivity contribution >= 4 is 39.8 Å². The summed E-state index contributed by atoms with van der Waals surface area (Å²) in [6.45, 7) is 5.75. The fourth-order valence-corrected chi connectivity index (χ4v) is 4.99. The van der Waals surface area contributed by atoms with Crippen LogP contribution in [-0.2, 0) is 22.4 Å². The number of aryl methyl sites for hydroxylation is 1. The molecule has 0 saturated carbocycles. The lowest BCUT2D eigenvalue weighted by Crippen LogP contribution is -2.30. The molecule has 1 amide bonds. The molecular weight excluding hydrogens is 398 g/mol. The molecule has 0 spiro atoms. The number of amides is 1. The number of thiophene rings is 1. The van der Waals surface area contributed by atoms with Crippen LogP contribution in [0.25, 0.3) is 0 Å². The highest BCUT2D eigenvalue weighted by Gasteiger charge is 2.29. The number of hydrogen-bond acceptors (Lipinski definition) is 5. The summed E-state index contributed by atoms with van der Waals surface area (Å²) >= 11 is 7.43. The fraction of sp³-hybridized carbons (Fsp3) is 0.429. The van der Waals surface area contributed by atoms with Gasteiger partial charge in [0.25, 0.3) is 5.91 Å². The largest absolute Gasteiger partial charge is 0.481 e. The van der Waals surface area contributed by atoms with Crippen molar-refractivity contribution in [3.8, 4) is 5.75 Å². The van der Waals surface area contributed by atoms with Gasteiger partial charge in [-0.2, -0.15) is 0 Å². The van der Waals surface area contributed by atoms with Crippen LogP contribution in [0.5, 0.6) is 5.75 Å². The number of ether oxygens (including phenoxy) is 2. The lowest BCUT2D eigenvalue weighted by atomic mass is 9.88. The first-order valence-electron chi connectivity index (χ1n) is 9.26. The van der Waals surface area contributed by atoms with Crippen molar-refractivity contribution in [3.63, 3.8) is 0 Å². The van der Waals surface area contributed by atoms with Crippen LogP contribution in [0.1, 0.15) is 46.6 Å². The number of halogens is 1. The Bertz CT molecular complexity index is 908. The Kier molecular flexibility index (Phi) is 6.30. The number of carbonyl (C=O) groups excluding carboxylic acids is 2. The molecule has 0 fully saturated rings. The molecule has 1 N–H and O–H groups in total. The average Bonchev–Trinajstić information content (AvgIpc) is 2.99. The molecule has 1 aromatic heterocycles. The Balaban J connectivity index is 1.80. The number of anilines is 1. The van der Waals surface area contributed by atoms with E-state index in [1.54, 1.807) is 25.1 Å². The second kappa shape index (κ2) is 8.53. The molecular formula is C21H24ClNO4S. The summed E-state index contributed by atoms with van der Waals surface area (Å²) in [6, 6.07) is 5.25. The fourth-order valence-electron chi connectivity index (χ4n) is 3.36. The van der Waals surface area contributed by atoms with Gasteiger partial charge in [-0.25, -0.2) is 4.79 Å². The van der Waals surface area contributed by atoms with Crippen molar-refractivity contribution < 1.29 is 19.1 Å². The predicted octanol–water partition coefficient (Wildman–Crippen LogP) is 5.03. The number of fused-ring (bicyclic) bond motifs is 1. The summed E-state index contributed by atoms with van der Waals surface area (Å²) in [6.07, 6.45) is 2.03. The number of nitrogens with one attached hydrogen (secondary N) is 1. The molecule has 3 rings (SSSR count). The lowest BCUT2D eigenvalue weighted by molar-refractivity contribution is -0.122. The van der Waals surface area contributed by atoms with E-state index in [4.69, 9.17) is 21.1 Å². The summed E-state index contributed by atoms with van der Waals surface area (Å²) in [4.78, 5) is 26.2. The number of esters is 1. The number of benzene rings is 1. The van der Waals surface area contributed by atoms with Crippen molar-refractivity contribution in [2.45, 2.75) is 46.1 Å². The van der Waals surface area contributed by atoms with Gasteiger partial charge in [-0.05, 0) is 68.4 Å². The molecule has 1 aromatic carbocycles. The van der Waals surface area contributed by atoms with Crippen molar-refractivity contribution in [1.82, 2.24) is 0 Å². The highest BCUT2D eigenvalue weighted by Crippen LogP contribution is 2.40. The van der Waals surface area contributed by atoms with Crippen LogP contribution in [0.3, 0.4) is 0 Å². The van der Waals surface area contributed by atoms with Crippen molar-refractivity contribution in [1.29, 1.82) is 0 Å². The Labute approximate surface area is 174 Å². The minimum absolute atomic E-state index is 0.314. The quantitative estimate of drug-likeness (QED) is 0.688. The zero-order valence-electron chi connectivity index (χ0n) is 16.4. The minimum Gasteiger partial charge on any atom is -0.481 e. The summed E-state index contributed by atoms with van der Waals surface area (Å²) in [5.74, 6) is 0.436. The molecule has 5 nitrogen and oxygen atoms in total. The van der Waals surface area contributed by atoms with E-state index in [2.05, 4.69) is 12.2 Å². The van der Waals surface area contributed by atoms with Gasteiger partial charge in [0.15, 0.2) is 6.10 Å². The van der Waals surface area contributed by atoms with Crippen molar-refractivity contribution in [2.75, 3.05) is 12.4 Å². The average molecular weight is 422 g/mol. The molecule has 0 radical (unpaired) electrons. The normalized spacial score (nSPS) is 16.8. The van der Waals surface area contributed by atoms with Crippen LogP contribution in [0.4, 0.5) is 5.00 Å². The topological polar surface area (TPSA) is 64.6 Å². The van der Waals surface area contributed by atoms with Crippen LogP contribution in [0.15, 0.2) is 18.2 Å². The van der Waals surface area contributed by atoms with E-state index in [1.807, 2.05) is 6.92 Å². The van der Waals surface area contributed by atoms with E-state index < -0.39 is 12.1 Å². The molecule has 28 heavy (non-hydrogen) atoms. The van der Waals surface area contributed by atoms with Crippen LogP contribution in [0.2, 0.25) is 5.02 Å². The minimum atomic E-state index is -0.733. The third kappa shape index (κ3) is 4.33. The summed E-state index contributed by atoms with van der Waals surface area (Å²) < 4.78 is 10.8.